The molecule has 5 rings (SSSR count). The standard InChI is InChI=1S/C19H24N10/c1-12-7-16(29-18(23-12)21-11-22-29)20-8-13-9-27(10-13)15-6-5-14-24-25-17(19(2,3)4)28(14)26-15/h5-7,11,13,20H,8-10H2,1-4H3. The average Bonchev–Trinajstić information content (AvgIpc) is 3.25. The fraction of sp³-hybridized carbons (Fsp3) is 0.474. The first-order valence-electron chi connectivity index (χ1n) is 9.77. The van der Waals surface area contributed by atoms with E-state index in [1.165, 1.54) is 6.33 Å². The van der Waals surface area contributed by atoms with Crippen molar-refractivity contribution in [1.29, 1.82) is 0 Å². The Hall–Kier alpha value is -3.30. The highest BCUT2D eigenvalue weighted by Gasteiger charge is 2.29. The highest BCUT2D eigenvalue weighted by Crippen LogP contribution is 2.25. The second-order valence-electron chi connectivity index (χ2n) is 8.64. The van der Waals surface area contributed by atoms with E-state index in [1.54, 1.807) is 4.52 Å². The van der Waals surface area contributed by atoms with E-state index in [2.05, 4.69) is 56.3 Å². The van der Waals surface area contributed by atoms with Gasteiger partial charge in [-0.05, 0) is 19.1 Å². The maximum atomic E-state index is 4.79. The van der Waals surface area contributed by atoms with Gasteiger partial charge in [-0.1, -0.05) is 20.8 Å². The molecule has 0 unspecified atom stereocenters. The van der Waals surface area contributed by atoms with Gasteiger partial charge in [-0.2, -0.15) is 19.1 Å². The first-order chi connectivity index (χ1) is 13.9. The molecule has 0 amide bonds. The van der Waals surface area contributed by atoms with E-state index >= 15 is 0 Å². The number of anilines is 2. The summed E-state index contributed by atoms with van der Waals surface area (Å²) < 4.78 is 3.60. The fourth-order valence-electron chi connectivity index (χ4n) is 3.61. The zero-order chi connectivity index (χ0) is 20.2. The van der Waals surface area contributed by atoms with Crippen molar-refractivity contribution in [3.63, 3.8) is 0 Å². The normalized spacial score (nSPS) is 15.2. The van der Waals surface area contributed by atoms with Gasteiger partial charge in [-0.15, -0.1) is 15.3 Å². The van der Waals surface area contributed by atoms with Gasteiger partial charge in [-0.25, -0.2) is 4.98 Å². The minimum absolute atomic E-state index is 0.109. The summed E-state index contributed by atoms with van der Waals surface area (Å²) in [4.78, 5) is 10.8. The second kappa shape index (κ2) is 6.36. The molecule has 5 heterocycles. The number of aromatic nitrogens is 8. The molecular weight excluding hydrogens is 368 g/mol. The molecule has 10 heteroatoms. The fourth-order valence-corrected chi connectivity index (χ4v) is 3.61. The molecule has 10 nitrogen and oxygen atoms in total. The maximum Gasteiger partial charge on any atom is 0.254 e. The second-order valence-corrected chi connectivity index (χ2v) is 8.64. The molecule has 0 bridgehead atoms. The van der Waals surface area contributed by atoms with Crippen molar-refractivity contribution in [1.82, 2.24) is 39.4 Å². The van der Waals surface area contributed by atoms with Gasteiger partial charge in [0.1, 0.15) is 18.0 Å². The van der Waals surface area contributed by atoms with Crippen molar-refractivity contribution < 1.29 is 0 Å². The smallest absolute Gasteiger partial charge is 0.254 e. The Morgan fingerprint density at radius 1 is 1.14 bits per heavy atom. The van der Waals surface area contributed by atoms with E-state index in [0.717, 1.165) is 48.4 Å². The van der Waals surface area contributed by atoms with Crippen LogP contribution in [0.15, 0.2) is 24.5 Å². The van der Waals surface area contributed by atoms with Crippen LogP contribution in [0, 0.1) is 12.8 Å². The van der Waals surface area contributed by atoms with E-state index in [0.29, 0.717) is 11.7 Å². The lowest BCUT2D eigenvalue weighted by atomic mass is 9.96. The van der Waals surface area contributed by atoms with Crippen LogP contribution in [0.5, 0.6) is 0 Å². The third kappa shape index (κ3) is 3.14. The number of nitrogens with one attached hydrogen (secondary N) is 1. The van der Waals surface area contributed by atoms with Crippen molar-refractivity contribution in [3.05, 3.63) is 36.0 Å². The van der Waals surface area contributed by atoms with E-state index in [-0.39, 0.29) is 5.41 Å². The Morgan fingerprint density at radius 2 is 1.97 bits per heavy atom. The van der Waals surface area contributed by atoms with E-state index < -0.39 is 0 Å². The molecule has 29 heavy (non-hydrogen) atoms. The summed E-state index contributed by atoms with van der Waals surface area (Å²) >= 11 is 0. The number of rotatable bonds is 4. The quantitative estimate of drug-likeness (QED) is 0.560. The van der Waals surface area contributed by atoms with Crippen LogP contribution in [-0.2, 0) is 5.41 Å². The number of hydrogen-bond donors (Lipinski definition) is 1. The SMILES string of the molecule is Cc1cc(NCC2CN(c3ccc4nnc(C(C)(C)C)n4n3)C2)n2ncnc2n1. The number of nitrogens with zero attached hydrogens (tertiary/aromatic N) is 9. The van der Waals surface area contributed by atoms with Crippen molar-refractivity contribution in [2.45, 2.75) is 33.1 Å². The molecule has 4 aromatic rings. The van der Waals surface area contributed by atoms with Gasteiger partial charge in [0.25, 0.3) is 5.78 Å². The van der Waals surface area contributed by atoms with Crippen LogP contribution >= 0.6 is 0 Å². The lowest BCUT2D eigenvalue weighted by Gasteiger charge is -2.40. The van der Waals surface area contributed by atoms with Gasteiger partial charge in [0.05, 0.1) is 0 Å². The van der Waals surface area contributed by atoms with E-state index in [1.807, 2.05) is 29.6 Å². The minimum Gasteiger partial charge on any atom is -0.369 e. The van der Waals surface area contributed by atoms with Gasteiger partial charge >= 0.3 is 0 Å². The van der Waals surface area contributed by atoms with Crippen LogP contribution in [0.25, 0.3) is 11.4 Å². The summed E-state index contributed by atoms with van der Waals surface area (Å²) in [6.07, 6.45) is 1.52. The summed E-state index contributed by atoms with van der Waals surface area (Å²) in [6.45, 7) is 11.1. The monoisotopic (exact) mass is 392 g/mol. The predicted molar refractivity (Wildman–Crippen MR) is 109 cm³/mol. The molecule has 0 atom stereocenters. The molecule has 1 aliphatic rings. The average molecular weight is 392 g/mol. The van der Waals surface area contributed by atoms with Crippen molar-refractivity contribution in [2.75, 3.05) is 29.9 Å². The van der Waals surface area contributed by atoms with E-state index in [4.69, 9.17) is 5.10 Å². The summed E-state index contributed by atoms with van der Waals surface area (Å²) in [7, 11) is 0. The molecule has 1 N–H and O–H groups in total. The van der Waals surface area contributed by atoms with Gasteiger partial charge in [0, 0.05) is 42.7 Å². The summed E-state index contributed by atoms with van der Waals surface area (Å²) in [5.41, 5.74) is 1.59. The highest BCUT2D eigenvalue weighted by molar-refractivity contribution is 5.49. The van der Waals surface area contributed by atoms with Crippen LogP contribution in [0.3, 0.4) is 0 Å². The Balaban J connectivity index is 1.27. The van der Waals surface area contributed by atoms with Crippen LogP contribution < -0.4 is 10.2 Å². The zero-order valence-electron chi connectivity index (χ0n) is 17.0. The first-order valence-corrected chi connectivity index (χ1v) is 9.77. The molecule has 4 aromatic heterocycles. The molecule has 0 saturated carbocycles. The molecular formula is C19H24N10. The predicted octanol–water partition coefficient (Wildman–Crippen LogP) is 1.72. The lowest BCUT2D eigenvalue weighted by Crippen LogP contribution is -2.50. The molecule has 1 saturated heterocycles. The van der Waals surface area contributed by atoms with E-state index in [9.17, 15) is 0 Å². The summed E-state index contributed by atoms with van der Waals surface area (Å²) in [6, 6.07) is 6.00. The van der Waals surface area contributed by atoms with Gasteiger partial charge in [-0.3, -0.25) is 0 Å². The summed E-state index contributed by atoms with van der Waals surface area (Å²) in [5.74, 6) is 3.89. The molecule has 150 valence electrons. The topological polar surface area (TPSA) is 101 Å². The van der Waals surface area contributed by atoms with Crippen molar-refractivity contribution in [3.8, 4) is 0 Å². The Morgan fingerprint density at radius 3 is 2.76 bits per heavy atom. The number of fused-ring (bicyclic) bond motifs is 2. The highest BCUT2D eigenvalue weighted by atomic mass is 15.4. The molecule has 0 aromatic carbocycles. The van der Waals surface area contributed by atoms with Crippen molar-refractivity contribution in [2.24, 2.45) is 5.92 Å². The van der Waals surface area contributed by atoms with Crippen molar-refractivity contribution >= 4 is 23.1 Å². The third-order valence-electron chi connectivity index (χ3n) is 5.15. The van der Waals surface area contributed by atoms with Crippen LogP contribution in [0.1, 0.15) is 32.3 Å². The maximum absolute atomic E-state index is 4.79. The van der Waals surface area contributed by atoms with Gasteiger partial charge < -0.3 is 10.2 Å². The van der Waals surface area contributed by atoms with Crippen LogP contribution in [-0.4, -0.2) is 59.0 Å². The van der Waals surface area contributed by atoms with Crippen LogP contribution in [0.2, 0.25) is 0 Å². The molecule has 1 fully saturated rings. The zero-order valence-corrected chi connectivity index (χ0v) is 17.0. The Labute approximate surface area is 168 Å². The Kier molecular flexibility index (Phi) is 3.90. The molecule has 0 radical (unpaired) electrons. The minimum atomic E-state index is -0.109. The van der Waals surface area contributed by atoms with Gasteiger partial charge in [0.2, 0.25) is 0 Å². The Bertz CT molecular complexity index is 1180. The number of hydrogen-bond acceptors (Lipinski definition) is 8. The molecule has 1 aliphatic heterocycles. The molecule has 0 spiro atoms. The lowest BCUT2D eigenvalue weighted by molar-refractivity contribution is 0.423. The number of aryl methyl sites for hydroxylation is 1. The molecule has 0 aliphatic carbocycles. The largest absolute Gasteiger partial charge is 0.369 e. The van der Waals surface area contributed by atoms with Gasteiger partial charge in [0.15, 0.2) is 11.5 Å². The summed E-state index contributed by atoms with van der Waals surface area (Å²) in [5, 5.41) is 21.1. The van der Waals surface area contributed by atoms with Crippen LogP contribution in [0.4, 0.5) is 11.6 Å². The third-order valence-corrected chi connectivity index (χ3v) is 5.15. The first kappa shape index (κ1) is 17.8.